The highest BCUT2D eigenvalue weighted by molar-refractivity contribution is 5.58. The van der Waals surface area contributed by atoms with Crippen LogP contribution in [0.15, 0.2) is 0 Å². The van der Waals surface area contributed by atoms with Gasteiger partial charge < -0.3 is 32.8 Å². The fourth-order valence-corrected chi connectivity index (χ4v) is 0.761. The Morgan fingerprint density at radius 1 is 1.25 bits per heavy atom. The molecule has 0 aliphatic carbocycles. The molecule has 4 atom stereocenters. The van der Waals surface area contributed by atoms with Crippen molar-refractivity contribution in [1.82, 2.24) is 0 Å². The van der Waals surface area contributed by atoms with Crippen molar-refractivity contribution in [3.05, 3.63) is 0 Å². The lowest BCUT2D eigenvalue weighted by atomic mass is 9.98. The number of hydrogen-bond donors (Lipinski definition) is 5. The molecular formula is C6H16N4O2. The Morgan fingerprint density at radius 3 is 2.08 bits per heavy atom. The molecule has 72 valence electrons. The minimum atomic E-state index is -0.925. The Bertz CT molecular complexity index is 144. The minimum absolute atomic E-state index is 0.000440. The average Bonchev–Trinajstić information content (AvgIpc) is 2.12. The molecule has 0 aliphatic rings. The van der Waals surface area contributed by atoms with Crippen LogP contribution >= 0.6 is 0 Å². The molecule has 12 heavy (non-hydrogen) atoms. The molecule has 0 unspecified atom stereocenters. The van der Waals surface area contributed by atoms with Crippen LogP contribution in [0.5, 0.6) is 0 Å². The molecule has 0 aromatic heterocycles. The van der Waals surface area contributed by atoms with Crippen LogP contribution in [0.4, 0.5) is 0 Å². The zero-order valence-corrected chi connectivity index (χ0v) is 6.76. The van der Waals surface area contributed by atoms with E-state index in [2.05, 4.69) is 0 Å². The molecule has 0 amide bonds. The Kier molecular flexibility index (Phi) is 4.95. The molecule has 0 saturated carbocycles. The summed E-state index contributed by atoms with van der Waals surface area (Å²) in [6.45, 7) is 0.000440. The summed E-state index contributed by atoms with van der Waals surface area (Å²) in [5, 5.41) is 9.14. The smallest absolute Gasteiger partial charge is 0.138 e. The molecule has 0 spiro atoms. The van der Waals surface area contributed by atoms with Gasteiger partial charge in [0.05, 0.1) is 12.1 Å². The van der Waals surface area contributed by atoms with Crippen molar-refractivity contribution < 1.29 is 9.90 Å². The van der Waals surface area contributed by atoms with Crippen LogP contribution in [-0.4, -0.2) is 42.2 Å². The van der Waals surface area contributed by atoms with Crippen molar-refractivity contribution in [2.75, 3.05) is 6.54 Å². The summed E-state index contributed by atoms with van der Waals surface area (Å²) in [6.07, 6.45) is -0.431. The van der Waals surface area contributed by atoms with E-state index >= 15 is 0 Å². The van der Waals surface area contributed by atoms with Gasteiger partial charge in [0.2, 0.25) is 0 Å². The van der Waals surface area contributed by atoms with Crippen LogP contribution in [0, 0.1) is 0 Å². The molecule has 0 aromatic carbocycles. The maximum atomic E-state index is 10.2. The molecule has 0 saturated heterocycles. The Hall–Kier alpha value is -0.530. The van der Waals surface area contributed by atoms with E-state index in [9.17, 15) is 4.79 Å². The first-order chi connectivity index (χ1) is 5.54. The van der Waals surface area contributed by atoms with Gasteiger partial charge in [-0.25, -0.2) is 0 Å². The third-order valence-electron chi connectivity index (χ3n) is 1.73. The first-order valence-electron chi connectivity index (χ1n) is 3.64. The third-order valence-corrected chi connectivity index (χ3v) is 1.73. The van der Waals surface area contributed by atoms with Crippen molar-refractivity contribution >= 4 is 6.29 Å². The predicted molar refractivity (Wildman–Crippen MR) is 45.1 cm³/mol. The normalized spacial score (nSPS) is 21.1. The molecule has 0 aromatic rings. The zero-order chi connectivity index (χ0) is 9.72. The van der Waals surface area contributed by atoms with Crippen LogP contribution in [0.25, 0.3) is 0 Å². The molecule has 0 bridgehead atoms. The van der Waals surface area contributed by atoms with Crippen molar-refractivity contribution in [2.24, 2.45) is 22.9 Å². The van der Waals surface area contributed by atoms with Gasteiger partial charge >= 0.3 is 0 Å². The third kappa shape index (κ3) is 2.84. The highest BCUT2D eigenvalue weighted by atomic mass is 16.3. The van der Waals surface area contributed by atoms with E-state index < -0.39 is 24.2 Å². The van der Waals surface area contributed by atoms with Gasteiger partial charge in [-0.15, -0.1) is 0 Å². The fourth-order valence-electron chi connectivity index (χ4n) is 0.761. The van der Waals surface area contributed by atoms with Crippen molar-refractivity contribution in [3.63, 3.8) is 0 Å². The SMILES string of the molecule is NC[C@@H](O)[C@@H](N)[C@H](N)[C@@H](N)C=O. The van der Waals surface area contributed by atoms with E-state index in [1.165, 1.54) is 0 Å². The number of aliphatic hydroxyl groups excluding tert-OH is 1. The van der Waals surface area contributed by atoms with Gasteiger partial charge in [0.1, 0.15) is 6.29 Å². The van der Waals surface area contributed by atoms with E-state index in [1.54, 1.807) is 0 Å². The second-order valence-corrected chi connectivity index (χ2v) is 2.67. The summed E-state index contributed by atoms with van der Waals surface area (Å²) < 4.78 is 0. The van der Waals surface area contributed by atoms with Crippen LogP contribution in [0.2, 0.25) is 0 Å². The van der Waals surface area contributed by atoms with Crippen LogP contribution in [0.3, 0.4) is 0 Å². The molecule has 9 N–H and O–H groups in total. The quantitative estimate of drug-likeness (QED) is 0.275. The first kappa shape index (κ1) is 11.5. The van der Waals surface area contributed by atoms with Gasteiger partial charge in [-0.05, 0) is 0 Å². The van der Waals surface area contributed by atoms with Gasteiger partial charge in [0, 0.05) is 18.6 Å². The van der Waals surface area contributed by atoms with E-state index in [0.717, 1.165) is 0 Å². The van der Waals surface area contributed by atoms with Crippen LogP contribution < -0.4 is 22.9 Å². The van der Waals surface area contributed by atoms with Crippen molar-refractivity contribution in [3.8, 4) is 0 Å². The standard InChI is InChI=1S/C6H16N4O2/c7-1-4(12)6(10)5(9)3(8)2-11/h2-6,12H,1,7-10H2/t3-,4+,5+,6+/m0/s1. The van der Waals surface area contributed by atoms with Gasteiger partial charge in [0.15, 0.2) is 0 Å². The maximum Gasteiger partial charge on any atom is 0.138 e. The zero-order valence-electron chi connectivity index (χ0n) is 6.76. The van der Waals surface area contributed by atoms with Gasteiger partial charge in [0.25, 0.3) is 0 Å². The maximum absolute atomic E-state index is 10.2. The molecule has 0 fully saturated rings. The number of rotatable bonds is 5. The van der Waals surface area contributed by atoms with Crippen LogP contribution in [-0.2, 0) is 4.79 Å². The molecular weight excluding hydrogens is 160 g/mol. The van der Waals surface area contributed by atoms with Gasteiger partial charge in [-0.1, -0.05) is 0 Å². The highest BCUT2D eigenvalue weighted by Crippen LogP contribution is 1.95. The predicted octanol–water partition coefficient (Wildman–Crippen LogP) is -3.51. The number of aliphatic hydroxyl groups is 1. The largest absolute Gasteiger partial charge is 0.390 e. The lowest BCUT2D eigenvalue weighted by Crippen LogP contribution is -2.59. The fraction of sp³-hybridized carbons (Fsp3) is 0.833. The summed E-state index contributed by atoms with van der Waals surface area (Å²) in [7, 11) is 0. The van der Waals surface area contributed by atoms with Crippen LogP contribution in [0.1, 0.15) is 0 Å². The average molecular weight is 176 g/mol. The van der Waals surface area contributed by atoms with E-state index in [4.69, 9.17) is 28.0 Å². The summed E-state index contributed by atoms with van der Waals surface area (Å²) in [6, 6.07) is -2.39. The summed E-state index contributed by atoms with van der Waals surface area (Å²) in [5.74, 6) is 0. The van der Waals surface area contributed by atoms with E-state index in [-0.39, 0.29) is 6.54 Å². The highest BCUT2D eigenvalue weighted by Gasteiger charge is 2.25. The van der Waals surface area contributed by atoms with Gasteiger partial charge in [-0.2, -0.15) is 0 Å². The summed E-state index contributed by atoms with van der Waals surface area (Å²) in [5.41, 5.74) is 21.3. The Labute approximate surface area is 70.9 Å². The Morgan fingerprint density at radius 2 is 1.75 bits per heavy atom. The summed E-state index contributed by atoms with van der Waals surface area (Å²) >= 11 is 0. The number of aldehydes is 1. The molecule has 0 heterocycles. The topological polar surface area (TPSA) is 141 Å². The van der Waals surface area contributed by atoms with Crippen molar-refractivity contribution in [1.29, 1.82) is 0 Å². The minimum Gasteiger partial charge on any atom is -0.390 e. The monoisotopic (exact) mass is 176 g/mol. The molecule has 0 radical (unpaired) electrons. The van der Waals surface area contributed by atoms with Gasteiger partial charge in [-0.3, -0.25) is 0 Å². The van der Waals surface area contributed by atoms with E-state index in [0.29, 0.717) is 6.29 Å². The number of carbonyl (C=O) groups excluding carboxylic acids is 1. The second-order valence-electron chi connectivity index (χ2n) is 2.67. The number of carbonyl (C=O) groups is 1. The lowest BCUT2D eigenvalue weighted by molar-refractivity contribution is -0.109. The molecule has 6 heteroatoms. The second kappa shape index (κ2) is 5.18. The van der Waals surface area contributed by atoms with E-state index in [1.807, 2.05) is 0 Å². The first-order valence-corrected chi connectivity index (χ1v) is 3.64. The number of nitrogens with two attached hydrogens (primary N) is 4. The number of hydrogen-bond acceptors (Lipinski definition) is 6. The Balaban J connectivity index is 4.07. The molecule has 6 nitrogen and oxygen atoms in total. The summed E-state index contributed by atoms with van der Waals surface area (Å²) in [4.78, 5) is 10.2. The van der Waals surface area contributed by atoms with Crippen molar-refractivity contribution in [2.45, 2.75) is 24.2 Å². The molecule has 0 rings (SSSR count). The lowest BCUT2D eigenvalue weighted by Gasteiger charge is -2.25. The molecule has 0 aliphatic heterocycles.